The van der Waals surface area contributed by atoms with Crippen molar-refractivity contribution in [2.45, 2.75) is 38.7 Å². The average Bonchev–Trinajstić information content (AvgIpc) is 3.53. The summed E-state index contributed by atoms with van der Waals surface area (Å²) in [7, 11) is 0. The zero-order valence-electron chi connectivity index (χ0n) is 18.5. The Morgan fingerprint density at radius 1 is 1.06 bits per heavy atom. The SMILES string of the molecule is CCCn1c(=O)c2[nH]c(-c3c[nH]nc3Cc3cccc(C(F)(F)F)c3)nc2n2cc(C(F)(F)F)nc12. The minimum absolute atomic E-state index is 0.0125. The Kier molecular flexibility index (Phi) is 5.41. The van der Waals surface area contributed by atoms with Crippen LogP contribution in [0.4, 0.5) is 26.3 Å². The maximum Gasteiger partial charge on any atom is 0.434 e. The number of aryl methyl sites for hydroxylation is 1. The number of nitrogens with zero attached hydrogens (tertiary/aromatic N) is 5. The van der Waals surface area contributed by atoms with Crippen LogP contribution in [-0.2, 0) is 25.3 Å². The zero-order chi connectivity index (χ0) is 25.8. The summed E-state index contributed by atoms with van der Waals surface area (Å²) in [5.74, 6) is -0.0771. The van der Waals surface area contributed by atoms with E-state index in [-0.39, 0.29) is 35.7 Å². The molecule has 1 aromatic carbocycles. The summed E-state index contributed by atoms with van der Waals surface area (Å²) in [6.45, 7) is 1.90. The van der Waals surface area contributed by atoms with Gasteiger partial charge in [-0.05, 0) is 18.1 Å². The Hall–Kier alpha value is -4.10. The summed E-state index contributed by atoms with van der Waals surface area (Å²) in [5.41, 5.74) is -1.64. The van der Waals surface area contributed by atoms with E-state index < -0.39 is 29.2 Å². The standard InChI is InChI=1S/C22H17F6N7O/c1-2-6-34-19(36)16-18(35-10-15(22(26,27)28)30-20(34)35)32-17(31-16)13-9-29-33-14(13)8-11-4-3-5-12(7-11)21(23,24)25/h3-5,7,9-10H,2,6,8H2,1H3,(H,29,33)(H,31,32). The van der Waals surface area contributed by atoms with E-state index in [1.165, 1.54) is 18.3 Å². The van der Waals surface area contributed by atoms with Gasteiger partial charge in [0.25, 0.3) is 5.56 Å². The lowest BCUT2D eigenvalue weighted by Crippen LogP contribution is -2.23. The van der Waals surface area contributed by atoms with E-state index in [1.54, 1.807) is 6.92 Å². The van der Waals surface area contributed by atoms with Gasteiger partial charge in [0.2, 0.25) is 5.78 Å². The number of nitrogens with one attached hydrogen (secondary N) is 2. The topological polar surface area (TPSA) is 96.7 Å². The molecular weight excluding hydrogens is 492 g/mol. The molecule has 0 fully saturated rings. The first-order valence-electron chi connectivity index (χ1n) is 10.8. The largest absolute Gasteiger partial charge is 0.434 e. The molecule has 5 aromatic rings. The predicted molar refractivity (Wildman–Crippen MR) is 116 cm³/mol. The van der Waals surface area contributed by atoms with Gasteiger partial charge in [-0.2, -0.15) is 31.4 Å². The lowest BCUT2D eigenvalue weighted by molar-refractivity contribution is -0.141. The van der Waals surface area contributed by atoms with Crippen LogP contribution in [0, 0.1) is 0 Å². The van der Waals surface area contributed by atoms with Crippen molar-refractivity contribution < 1.29 is 26.3 Å². The molecule has 14 heteroatoms. The first-order chi connectivity index (χ1) is 17.0. The maximum atomic E-state index is 13.4. The Bertz CT molecular complexity index is 1640. The first kappa shape index (κ1) is 23.6. The van der Waals surface area contributed by atoms with E-state index in [0.29, 0.717) is 23.2 Å². The van der Waals surface area contributed by atoms with Gasteiger partial charge in [0.05, 0.1) is 16.8 Å². The number of hydrogen-bond donors (Lipinski definition) is 2. The molecule has 8 nitrogen and oxygen atoms in total. The van der Waals surface area contributed by atoms with Gasteiger partial charge in [0.15, 0.2) is 16.9 Å². The Morgan fingerprint density at radius 2 is 1.83 bits per heavy atom. The molecule has 0 saturated carbocycles. The Morgan fingerprint density at radius 3 is 2.53 bits per heavy atom. The number of hydrogen-bond acceptors (Lipinski definition) is 4. The van der Waals surface area contributed by atoms with Crippen molar-refractivity contribution in [2.24, 2.45) is 0 Å². The lowest BCUT2D eigenvalue weighted by Gasteiger charge is -2.08. The van der Waals surface area contributed by atoms with E-state index >= 15 is 0 Å². The molecule has 4 heterocycles. The molecule has 2 N–H and O–H groups in total. The van der Waals surface area contributed by atoms with Gasteiger partial charge in [-0.1, -0.05) is 25.1 Å². The van der Waals surface area contributed by atoms with Crippen LogP contribution in [0.2, 0.25) is 0 Å². The molecule has 0 radical (unpaired) electrons. The third-order valence-electron chi connectivity index (χ3n) is 5.64. The molecule has 4 aromatic heterocycles. The summed E-state index contributed by atoms with van der Waals surface area (Å²) in [4.78, 5) is 23.9. The van der Waals surface area contributed by atoms with E-state index in [0.717, 1.165) is 27.3 Å². The first-order valence-corrected chi connectivity index (χ1v) is 10.8. The highest BCUT2D eigenvalue weighted by Gasteiger charge is 2.35. The molecule has 0 saturated heterocycles. The number of imidazole rings is 2. The predicted octanol–water partition coefficient (Wildman–Crippen LogP) is 4.80. The smallest absolute Gasteiger partial charge is 0.332 e. The lowest BCUT2D eigenvalue weighted by atomic mass is 10.0. The highest BCUT2D eigenvalue weighted by Crippen LogP contribution is 2.32. The molecular formula is C22H17F6N7O. The molecule has 0 atom stereocenters. The van der Waals surface area contributed by atoms with Crippen LogP contribution in [0.5, 0.6) is 0 Å². The quantitative estimate of drug-likeness (QED) is 0.333. The van der Waals surface area contributed by atoms with Gasteiger partial charge in [-0.25, -0.2) is 9.97 Å². The van der Waals surface area contributed by atoms with Crippen LogP contribution in [0.25, 0.3) is 28.3 Å². The molecule has 0 spiro atoms. The summed E-state index contributed by atoms with van der Waals surface area (Å²) >= 11 is 0. The Balaban J connectivity index is 1.63. The zero-order valence-corrected chi connectivity index (χ0v) is 18.5. The van der Waals surface area contributed by atoms with Gasteiger partial charge in [0, 0.05) is 25.4 Å². The normalized spacial score (nSPS) is 12.8. The van der Waals surface area contributed by atoms with Gasteiger partial charge >= 0.3 is 12.4 Å². The minimum Gasteiger partial charge on any atom is -0.332 e. The fraction of sp³-hybridized carbons (Fsp3) is 0.273. The summed E-state index contributed by atoms with van der Waals surface area (Å²) in [6.07, 6.45) is -6.54. The molecule has 36 heavy (non-hydrogen) atoms. The molecule has 5 rings (SSSR count). The number of halogens is 6. The van der Waals surface area contributed by atoms with Crippen LogP contribution in [0.1, 0.15) is 35.9 Å². The number of aromatic nitrogens is 7. The second-order valence-electron chi connectivity index (χ2n) is 8.16. The highest BCUT2D eigenvalue weighted by atomic mass is 19.4. The van der Waals surface area contributed by atoms with Crippen LogP contribution in [-0.4, -0.2) is 34.1 Å². The monoisotopic (exact) mass is 509 g/mol. The number of fused-ring (bicyclic) bond motifs is 3. The number of benzene rings is 1. The Labute approximate surface area is 197 Å². The van der Waals surface area contributed by atoms with Crippen molar-refractivity contribution in [3.63, 3.8) is 0 Å². The van der Waals surface area contributed by atoms with Crippen molar-refractivity contribution in [3.05, 3.63) is 69.5 Å². The van der Waals surface area contributed by atoms with Gasteiger partial charge < -0.3 is 4.98 Å². The van der Waals surface area contributed by atoms with E-state index in [1.807, 2.05) is 0 Å². The van der Waals surface area contributed by atoms with E-state index in [4.69, 9.17) is 0 Å². The molecule has 0 aliphatic carbocycles. The van der Waals surface area contributed by atoms with Crippen molar-refractivity contribution >= 4 is 16.9 Å². The minimum atomic E-state index is -4.73. The number of H-pyrrole nitrogens is 2. The molecule has 0 aliphatic rings. The second-order valence-corrected chi connectivity index (χ2v) is 8.16. The molecule has 0 amide bonds. The van der Waals surface area contributed by atoms with Gasteiger partial charge in [0.1, 0.15) is 5.82 Å². The van der Waals surface area contributed by atoms with Gasteiger partial charge in [-0.3, -0.25) is 18.9 Å². The molecule has 188 valence electrons. The summed E-state index contributed by atoms with van der Waals surface area (Å²) < 4.78 is 81.6. The second kappa shape index (κ2) is 8.24. The number of rotatable bonds is 5. The fourth-order valence-corrected chi connectivity index (χ4v) is 4.03. The van der Waals surface area contributed by atoms with Crippen molar-refractivity contribution in [3.8, 4) is 11.4 Å². The third-order valence-corrected chi connectivity index (χ3v) is 5.64. The molecule has 0 unspecified atom stereocenters. The average molecular weight is 509 g/mol. The van der Waals surface area contributed by atoms with E-state index in [2.05, 4.69) is 25.1 Å². The maximum absolute atomic E-state index is 13.4. The van der Waals surface area contributed by atoms with Crippen LogP contribution < -0.4 is 5.56 Å². The van der Waals surface area contributed by atoms with Crippen LogP contribution >= 0.6 is 0 Å². The summed E-state index contributed by atoms with van der Waals surface area (Å²) in [5, 5.41) is 6.73. The van der Waals surface area contributed by atoms with Crippen molar-refractivity contribution in [1.29, 1.82) is 0 Å². The van der Waals surface area contributed by atoms with Crippen molar-refractivity contribution in [1.82, 2.24) is 34.1 Å². The van der Waals surface area contributed by atoms with Crippen LogP contribution in [0.3, 0.4) is 0 Å². The number of alkyl halides is 6. The van der Waals surface area contributed by atoms with E-state index in [9.17, 15) is 31.1 Å². The fourth-order valence-electron chi connectivity index (χ4n) is 4.03. The van der Waals surface area contributed by atoms with Gasteiger partial charge in [-0.15, -0.1) is 0 Å². The number of aromatic amines is 2. The van der Waals surface area contributed by atoms with Crippen molar-refractivity contribution in [2.75, 3.05) is 0 Å². The van der Waals surface area contributed by atoms with Crippen LogP contribution in [0.15, 0.2) is 41.5 Å². The summed E-state index contributed by atoms with van der Waals surface area (Å²) in [6, 6.07) is 4.77. The molecule has 0 aliphatic heterocycles. The molecule has 0 bridgehead atoms. The highest BCUT2D eigenvalue weighted by molar-refractivity contribution is 5.78. The third kappa shape index (κ3) is 4.01.